The van der Waals surface area contributed by atoms with Gasteiger partial charge in [-0.3, -0.25) is 0 Å². The molecule has 0 aliphatic heterocycles. The van der Waals surface area contributed by atoms with E-state index in [-0.39, 0.29) is 0 Å². The maximum Gasteiger partial charge on any atom is 0.160 e. The van der Waals surface area contributed by atoms with Gasteiger partial charge in [-0.25, -0.2) is 9.97 Å². The number of benzene rings is 11. The van der Waals surface area contributed by atoms with E-state index in [0.717, 1.165) is 101 Å². The van der Waals surface area contributed by atoms with Gasteiger partial charge in [-0.05, 0) is 125 Å². The normalized spacial score (nSPS) is 11.2. The van der Waals surface area contributed by atoms with Gasteiger partial charge in [0.25, 0.3) is 0 Å². The van der Waals surface area contributed by atoms with Crippen molar-refractivity contribution >= 4 is 55.9 Å². The molecule has 0 saturated carbocycles. The predicted molar refractivity (Wildman–Crippen MR) is 313 cm³/mol. The van der Waals surface area contributed by atoms with E-state index in [2.05, 4.69) is 275 Å². The standard InChI is InChI=1S/C70H49N5/c1-7-19-54(20-8-1)66-49-67(55-21-9-2-10-22-55)72-70(71-66)56-37-35-52(36-38-56)50-31-33-51(34-32-50)53-39-41-61(42-40-53)75-68-45-43-62(73(57-23-11-3-12-24-57)58-25-13-4-14-26-58)47-64(68)65-48-63(44-46-69(65)75)74(59-27-15-5-16-28-59)60-29-17-6-18-30-60/h1-49H. The highest BCUT2D eigenvalue weighted by Crippen LogP contribution is 2.43. The molecule has 5 nitrogen and oxygen atoms in total. The number of fused-ring (bicyclic) bond motifs is 3. The van der Waals surface area contributed by atoms with Crippen LogP contribution >= 0.6 is 0 Å². The molecule has 5 heteroatoms. The average molecular weight is 960 g/mol. The van der Waals surface area contributed by atoms with E-state index in [1.807, 2.05) is 36.4 Å². The Morgan fingerprint density at radius 2 is 0.547 bits per heavy atom. The number of hydrogen-bond donors (Lipinski definition) is 0. The van der Waals surface area contributed by atoms with E-state index in [4.69, 9.17) is 9.97 Å². The summed E-state index contributed by atoms with van der Waals surface area (Å²) in [5, 5.41) is 2.33. The lowest BCUT2D eigenvalue weighted by Crippen LogP contribution is -2.09. The van der Waals surface area contributed by atoms with Crippen LogP contribution in [0.3, 0.4) is 0 Å². The van der Waals surface area contributed by atoms with Gasteiger partial charge in [0, 0.05) is 67.3 Å². The molecule has 0 fully saturated rings. The van der Waals surface area contributed by atoms with Gasteiger partial charge < -0.3 is 14.4 Å². The van der Waals surface area contributed by atoms with Crippen molar-refractivity contribution in [3.05, 3.63) is 297 Å². The molecule has 0 radical (unpaired) electrons. The molecule has 354 valence electrons. The summed E-state index contributed by atoms with van der Waals surface area (Å²) < 4.78 is 2.41. The summed E-state index contributed by atoms with van der Waals surface area (Å²) in [4.78, 5) is 14.8. The van der Waals surface area contributed by atoms with E-state index in [1.54, 1.807) is 0 Å². The van der Waals surface area contributed by atoms with Gasteiger partial charge in [0.15, 0.2) is 5.82 Å². The van der Waals surface area contributed by atoms with Crippen molar-refractivity contribution in [2.75, 3.05) is 9.80 Å². The van der Waals surface area contributed by atoms with Gasteiger partial charge in [-0.1, -0.05) is 194 Å². The highest BCUT2D eigenvalue weighted by atomic mass is 15.1. The van der Waals surface area contributed by atoms with Crippen LogP contribution in [0.5, 0.6) is 0 Å². The summed E-state index contributed by atoms with van der Waals surface area (Å²) >= 11 is 0. The molecule has 0 atom stereocenters. The van der Waals surface area contributed by atoms with Gasteiger partial charge in [0.05, 0.1) is 22.4 Å². The molecule has 0 N–H and O–H groups in total. The van der Waals surface area contributed by atoms with Gasteiger partial charge in [-0.2, -0.15) is 0 Å². The van der Waals surface area contributed by atoms with Crippen molar-refractivity contribution in [3.63, 3.8) is 0 Å². The van der Waals surface area contributed by atoms with E-state index in [1.165, 1.54) is 10.8 Å². The molecule has 13 rings (SSSR count). The van der Waals surface area contributed by atoms with Crippen LogP contribution in [0.25, 0.3) is 83.6 Å². The zero-order chi connectivity index (χ0) is 49.9. The first kappa shape index (κ1) is 44.8. The summed E-state index contributed by atoms with van der Waals surface area (Å²) in [5.41, 5.74) is 19.4. The van der Waals surface area contributed by atoms with Crippen LogP contribution in [-0.4, -0.2) is 14.5 Å². The molecule has 0 bridgehead atoms. The zero-order valence-corrected chi connectivity index (χ0v) is 41.0. The summed E-state index contributed by atoms with van der Waals surface area (Å²) in [6, 6.07) is 105. The summed E-state index contributed by atoms with van der Waals surface area (Å²) in [5.74, 6) is 0.700. The molecule has 2 aromatic heterocycles. The third kappa shape index (κ3) is 8.90. The molecule has 2 heterocycles. The molecule has 0 saturated heterocycles. The first-order valence-corrected chi connectivity index (χ1v) is 25.4. The second-order valence-electron chi connectivity index (χ2n) is 18.6. The Kier molecular flexibility index (Phi) is 11.9. The predicted octanol–water partition coefficient (Wildman–Crippen LogP) is 18.8. The highest BCUT2D eigenvalue weighted by molar-refractivity contribution is 6.12. The second-order valence-corrected chi connectivity index (χ2v) is 18.6. The first-order valence-electron chi connectivity index (χ1n) is 25.4. The summed E-state index contributed by atoms with van der Waals surface area (Å²) in [7, 11) is 0. The number of rotatable bonds is 12. The topological polar surface area (TPSA) is 37.2 Å². The Morgan fingerprint density at radius 3 is 0.893 bits per heavy atom. The number of aromatic nitrogens is 3. The van der Waals surface area contributed by atoms with Gasteiger partial charge in [-0.15, -0.1) is 0 Å². The van der Waals surface area contributed by atoms with Crippen LogP contribution in [0.15, 0.2) is 297 Å². The monoisotopic (exact) mass is 959 g/mol. The number of para-hydroxylation sites is 4. The van der Waals surface area contributed by atoms with Crippen LogP contribution in [0.1, 0.15) is 0 Å². The molecule has 11 aromatic carbocycles. The largest absolute Gasteiger partial charge is 0.310 e. The van der Waals surface area contributed by atoms with Crippen LogP contribution in [0.4, 0.5) is 34.1 Å². The second kappa shape index (κ2) is 19.8. The molecule has 13 aromatic rings. The molecular formula is C70H49N5. The number of anilines is 6. The molecule has 0 aliphatic rings. The lowest BCUT2D eigenvalue weighted by Gasteiger charge is -2.26. The Bertz CT molecular complexity index is 3780. The molecule has 75 heavy (non-hydrogen) atoms. The third-order valence-corrected chi connectivity index (χ3v) is 14.0. The fourth-order valence-corrected chi connectivity index (χ4v) is 10.3. The molecule has 0 spiro atoms. The van der Waals surface area contributed by atoms with Crippen molar-refractivity contribution in [3.8, 4) is 61.8 Å². The smallest absolute Gasteiger partial charge is 0.160 e. The molecule has 0 aliphatic carbocycles. The average Bonchev–Trinajstić information content (AvgIpc) is 3.82. The SMILES string of the molecule is c1ccc(-c2cc(-c3ccccc3)nc(-c3ccc(-c4ccc(-c5ccc(-n6c7ccc(N(c8ccccc8)c8ccccc8)cc7c7cc(N(c8ccccc8)c8ccccc8)ccc76)cc5)cc4)cc3)n2)cc1. The highest BCUT2D eigenvalue weighted by Gasteiger charge is 2.20. The lowest BCUT2D eigenvalue weighted by molar-refractivity contribution is 1.18. The third-order valence-electron chi connectivity index (χ3n) is 14.0. The number of hydrogen-bond acceptors (Lipinski definition) is 4. The summed E-state index contributed by atoms with van der Waals surface area (Å²) in [6.07, 6.45) is 0. The Labute approximate surface area is 437 Å². The van der Waals surface area contributed by atoms with Gasteiger partial charge in [0.2, 0.25) is 0 Å². The van der Waals surface area contributed by atoms with Crippen LogP contribution in [0.2, 0.25) is 0 Å². The van der Waals surface area contributed by atoms with E-state index < -0.39 is 0 Å². The van der Waals surface area contributed by atoms with E-state index in [0.29, 0.717) is 5.82 Å². The fourth-order valence-electron chi connectivity index (χ4n) is 10.3. The minimum absolute atomic E-state index is 0.700. The number of nitrogens with zero attached hydrogens (tertiary/aromatic N) is 5. The first-order chi connectivity index (χ1) is 37.2. The lowest BCUT2D eigenvalue weighted by atomic mass is 9.99. The maximum absolute atomic E-state index is 5.04. The minimum atomic E-state index is 0.700. The van der Waals surface area contributed by atoms with Crippen molar-refractivity contribution in [2.45, 2.75) is 0 Å². The molecule has 0 unspecified atom stereocenters. The van der Waals surface area contributed by atoms with Crippen LogP contribution in [-0.2, 0) is 0 Å². The summed E-state index contributed by atoms with van der Waals surface area (Å²) in [6.45, 7) is 0. The minimum Gasteiger partial charge on any atom is -0.310 e. The Balaban J connectivity index is 0.845. The quantitative estimate of drug-likeness (QED) is 0.122. The molecule has 0 amide bonds. The Hall–Kier alpha value is -10.1. The van der Waals surface area contributed by atoms with Crippen LogP contribution < -0.4 is 9.80 Å². The van der Waals surface area contributed by atoms with Crippen molar-refractivity contribution < 1.29 is 0 Å². The van der Waals surface area contributed by atoms with E-state index in [9.17, 15) is 0 Å². The van der Waals surface area contributed by atoms with Crippen molar-refractivity contribution in [2.24, 2.45) is 0 Å². The van der Waals surface area contributed by atoms with Crippen molar-refractivity contribution in [1.82, 2.24) is 14.5 Å². The van der Waals surface area contributed by atoms with E-state index >= 15 is 0 Å². The van der Waals surface area contributed by atoms with Gasteiger partial charge >= 0.3 is 0 Å². The maximum atomic E-state index is 5.04. The molecular weight excluding hydrogens is 911 g/mol. The fraction of sp³-hybridized carbons (Fsp3) is 0. The van der Waals surface area contributed by atoms with Gasteiger partial charge in [0.1, 0.15) is 0 Å². The Morgan fingerprint density at radius 1 is 0.240 bits per heavy atom. The zero-order valence-electron chi connectivity index (χ0n) is 41.0. The van der Waals surface area contributed by atoms with Crippen molar-refractivity contribution in [1.29, 1.82) is 0 Å². The van der Waals surface area contributed by atoms with Crippen LogP contribution in [0, 0.1) is 0 Å².